The Morgan fingerprint density at radius 3 is 1.57 bits per heavy atom. The Morgan fingerprint density at radius 1 is 1.00 bits per heavy atom. The molecular weight excluding hydrogens is 205 g/mol. The highest BCUT2D eigenvalue weighted by molar-refractivity contribution is 7.54. The molecule has 0 aliphatic carbocycles. The van der Waals surface area contributed by atoms with Gasteiger partial charge in [0.25, 0.3) is 0 Å². The molecule has 2 N–H and O–H groups in total. The summed E-state index contributed by atoms with van der Waals surface area (Å²) in [6.45, 7) is 8.67. The molecule has 0 aromatic rings. The SMILES string of the molecule is CC(C)OP(=O)(OC(C)C)C(C)ON. The summed E-state index contributed by atoms with van der Waals surface area (Å²) in [4.78, 5) is 4.50. The van der Waals surface area contributed by atoms with Gasteiger partial charge < -0.3 is 9.05 Å². The maximum Gasteiger partial charge on any atom is 0.361 e. The van der Waals surface area contributed by atoms with E-state index in [1.165, 1.54) is 0 Å². The van der Waals surface area contributed by atoms with Gasteiger partial charge in [-0.15, -0.1) is 0 Å². The summed E-state index contributed by atoms with van der Waals surface area (Å²) in [7, 11) is -3.27. The second-order valence-electron chi connectivity index (χ2n) is 3.58. The molecule has 0 aromatic carbocycles. The lowest BCUT2D eigenvalue weighted by Gasteiger charge is -2.26. The molecule has 6 heteroatoms. The van der Waals surface area contributed by atoms with Crippen molar-refractivity contribution in [1.29, 1.82) is 0 Å². The van der Waals surface area contributed by atoms with E-state index in [0.717, 1.165) is 0 Å². The Hall–Kier alpha value is 0.0700. The molecule has 0 fully saturated rings. The van der Waals surface area contributed by atoms with Crippen molar-refractivity contribution >= 4 is 7.60 Å². The van der Waals surface area contributed by atoms with E-state index in [1.54, 1.807) is 34.6 Å². The predicted octanol–water partition coefficient (Wildman–Crippen LogP) is 2.27. The van der Waals surface area contributed by atoms with E-state index in [2.05, 4.69) is 4.84 Å². The van der Waals surface area contributed by atoms with Crippen LogP contribution in [0.3, 0.4) is 0 Å². The number of nitrogens with two attached hydrogens (primary N) is 1. The first-order valence-electron chi connectivity index (χ1n) is 4.64. The molecule has 0 bridgehead atoms. The van der Waals surface area contributed by atoms with Gasteiger partial charge in [0.2, 0.25) is 0 Å². The monoisotopic (exact) mass is 225 g/mol. The molecule has 0 radical (unpaired) electrons. The Bertz CT molecular complexity index is 194. The fourth-order valence-corrected chi connectivity index (χ4v) is 2.58. The molecule has 0 aliphatic rings. The second kappa shape index (κ2) is 5.83. The summed E-state index contributed by atoms with van der Waals surface area (Å²) >= 11 is 0. The Morgan fingerprint density at radius 2 is 1.36 bits per heavy atom. The predicted molar refractivity (Wildman–Crippen MR) is 54.8 cm³/mol. The van der Waals surface area contributed by atoms with E-state index >= 15 is 0 Å². The lowest BCUT2D eigenvalue weighted by atomic mass is 10.5. The fourth-order valence-electron chi connectivity index (χ4n) is 0.858. The van der Waals surface area contributed by atoms with Gasteiger partial charge in [0.1, 0.15) is 0 Å². The molecular formula is C8H20NO4P. The van der Waals surface area contributed by atoms with Crippen molar-refractivity contribution in [3.05, 3.63) is 0 Å². The molecule has 1 unspecified atom stereocenters. The number of rotatable bonds is 6. The highest BCUT2D eigenvalue weighted by Gasteiger charge is 2.35. The molecule has 0 heterocycles. The summed E-state index contributed by atoms with van der Waals surface area (Å²) in [6, 6.07) is 0. The van der Waals surface area contributed by atoms with Crippen LogP contribution in [0.5, 0.6) is 0 Å². The molecule has 0 rings (SSSR count). The van der Waals surface area contributed by atoms with Crippen LogP contribution in [0, 0.1) is 0 Å². The summed E-state index contributed by atoms with van der Waals surface area (Å²) in [5.74, 6) is 4.22. The summed E-state index contributed by atoms with van der Waals surface area (Å²) < 4.78 is 22.6. The molecule has 5 nitrogen and oxygen atoms in total. The Kier molecular flexibility index (Phi) is 5.86. The van der Waals surface area contributed by atoms with Crippen LogP contribution in [0.1, 0.15) is 34.6 Å². The zero-order valence-electron chi connectivity index (χ0n) is 9.39. The van der Waals surface area contributed by atoms with Crippen LogP contribution in [-0.4, -0.2) is 18.1 Å². The van der Waals surface area contributed by atoms with Crippen LogP contribution < -0.4 is 5.90 Å². The smallest absolute Gasteiger partial charge is 0.304 e. The van der Waals surface area contributed by atoms with Crippen molar-refractivity contribution in [3.63, 3.8) is 0 Å². The van der Waals surface area contributed by atoms with Gasteiger partial charge in [-0.3, -0.25) is 9.40 Å². The highest BCUT2D eigenvalue weighted by atomic mass is 31.2. The quantitative estimate of drug-likeness (QED) is 0.554. The van der Waals surface area contributed by atoms with E-state index in [1.807, 2.05) is 0 Å². The minimum atomic E-state index is -3.27. The van der Waals surface area contributed by atoms with E-state index in [0.29, 0.717) is 0 Å². The third-order valence-corrected chi connectivity index (χ3v) is 3.80. The van der Waals surface area contributed by atoms with E-state index in [9.17, 15) is 4.57 Å². The summed E-state index contributed by atoms with van der Waals surface area (Å²) in [6.07, 6.45) is -0.394. The lowest BCUT2D eigenvalue weighted by Crippen LogP contribution is -2.20. The van der Waals surface area contributed by atoms with E-state index < -0.39 is 13.4 Å². The largest absolute Gasteiger partial charge is 0.361 e. The molecule has 0 aromatic heterocycles. The van der Waals surface area contributed by atoms with Crippen molar-refractivity contribution in [2.24, 2.45) is 5.90 Å². The van der Waals surface area contributed by atoms with E-state index in [4.69, 9.17) is 14.9 Å². The van der Waals surface area contributed by atoms with Gasteiger partial charge in [0.05, 0.1) is 12.2 Å². The van der Waals surface area contributed by atoms with Gasteiger partial charge in [-0.1, -0.05) is 0 Å². The molecule has 1 atom stereocenters. The molecule has 0 spiro atoms. The van der Waals surface area contributed by atoms with Crippen molar-refractivity contribution in [1.82, 2.24) is 0 Å². The normalized spacial score (nSPS) is 15.1. The summed E-state index contributed by atoms with van der Waals surface area (Å²) in [5.41, 5.74) is 0. The topological polar surface area (TPSA) is 70.8 Å². The Balaban J connectivity index is 4.58. The average Bonchev–Trinajstić information content (AvgIpc) is 1.99. The van der Waals surface area contributed by atoms with Gasteiger partial charge >= 0.3 is 7.60 Å². The van der Waals surface area contributed by atoms with Crippen molar-refractivity contribution in [2.75, 3.05) is 0 Å². The first-order valence-corrected chi connectivity index (χ1v) is 6.25. The third-order valence-electron chi connectivity index (χ3n) is 1.36. The maximum absolute atomic E-state index is 12.1. The van der Waals surface area contributed by atoms with Crippen LogP contribution in [0.2, 0.25) is 0 Å². The summed E-state index contributed by atoms with van der Waals surface area (Å²) in [5, 5.41) is 0. The Labute approximate surface area is 85.4 Å². The van der Waals surface area contributed by atoms with E-state index in [-0.39, 0.29) is 12.2 Å². The molecule has 86 valence electrons. The van der Waals surface area contributed by atoms with Gasteiger partial charge in [0.15, 0.2) is 5.85 Å². The van der Waals surface area contributed by atoms with Gasteiger partial charge in [-0.05, 0) is 34.6 Å². The van der Waals surface area contributed by atoms with Gasteiger partial charge in [-0.2, -0.15) is 0 Å². The van der Waals surface area contributed by atoms with Crippen LogP contribution in [-0.2, 0) is 18.5 Å². The molecule has 0 saturated carbocycles. The molecule has 0 aliphatic heterocycles. The standard InChI is InChI=1S/C8H20NO4P/c1-6(2)12-14(10,8(5)11-9)13-7(3)4/h6-8H,9H2,1-5H3. The second-order valence-corrected chi connectivity index (χ2v) is 5.81. The molecule has 0 saturated heterocycles. The van der Waals surface area contributed by atoms with Crippen molar-refractivity contribution in [3.8, 4) is 0 Å². The van der Waals surface area contributed by atoms with Crippen molar-refractivity contribution in [2.45, 2.75) is 52.7 Å². The fraction of sp³-hybridized carbons (Fsp3) is 1.00. The van der Waals surface area contributed by atoms with Crippen LogP contribution in [0.25, 0.3) is 0 Å². The minimum absolute atomic E-state index is 0.197. The number of hydrogen-bond acceptors (Lipinski definition) is 5. The first kappa shape index (κ1) is 14.1. The van der Waals surface area contributed by atoms with Gasteiger partial charge in [-0.25, -0.2) is 5.90 Å². The molecule has 0 amide bonds. The van der Waals surface area contributed by atoms with Crippen LogP contribution in [0.15, 0.2) is 0 Å². The zero-order valence-corrected chi connectivity index (χ0v) is 10.3. The van der Waals surface area contributed by atoms with Crippen molar-refractivity contribution < 1.29 is 18.5 Å². The van der Waals surface area contributed by atoms with Crippen LogP contribution >= 0.6 is 7.60 Å². The maximum atomic E-state index is 12.1. The lowest BCUT2D eigenvalue weighted by molar-refractivity contribution is 0.0603. The number of hydrogen-bond donors (Lipinski definition) is 1. The van der Waals surface area contributed by atoms with Crippen LogP contribution in [0.4, 0.5) is 0 Å². The van der Waals surface area contributed by atoms with Gasteiger partial charge in [0, 0.05) is 0 Å². The molecule has 14 heavy (non-hydrogen) atoms. The highest BCUT2D eigenvalue weighted by Crippen LogP contribution is 2.54. The minimum Gasteiger partial charge on any atom is -0.304 e. The average molecular weight is 225 g/mol. The third kappa shape index (κ3) is 4.53. The zero-order chi connectivity index (χ0) is 11.4. The first-order chi connectivity index (χ1) is 6.31.